The van der Waals surface area contributed by atoms with E-state index in [2.05, 4.69) is 31.5 Å². The highest BCUT2D eigenvalue weighted by atomic mass is 79.9. The Kier molecular flexibility index (Phi) is 2.68. The van der Waals surface area contributed by atoms with Crippen molar-refractivity contribution in [3.05, 3.63) is 28.2 Å². The van der Waals surface area contributed by atoms with Crippen molar-refractivity contribution in [3.8, 4) is 11.8 Å². The van der Waals surface area contributed by atoms with E-state index in [9.17, 15) is 0 Å². The summed E-state index contributed by atoms with van der Waals surface area (Å²) in [5.74, 6) is 0.699. The number of ether oxygens (including phenoxy) is 1. The van der Waals surface area contributed by atoms with Crippen LogP contribution < -0.4 is 4.74 Å². The van der Waals surface area contributed by atoms with Crippen molar-refractivity contribution in [2.24, 2.45) is 7.05 Å². The van der Waals surface area contributed by atoms with Crippen LogP contribution in [0.1, 0.15) is 5.56 Å². The van der Waals surface area contributed by atoms with Gasteiger partial charge in [-0.25, -0.2) is 0 Å². The standard InChI is InChI=1S/C9H9BrN4O/c1-6-3-4-7(5-8(6)10)15-9-11-12-13-14(9)2/h3-5H,1-2H3. The zero-order chi connectivity index (χ0) is 10.8. The van der Waals surface area contributed by atoms with E-state index >= 15 is 0 Å². The molecule has 15 heavy (non-hydrogen) atoms. The Morgan fingerprint density at radius 1 is 1.40 bits per heavy atom. The lowest BCUT2D eigenvalue weighted by Crippen LogP contribution is -1.96. The predicted molar refractivity (Wildman–Crippen MR) is 57.8 cm³/mol. The number of benzene rings is 1. The largest absolute Gasteiger partial charge is 0.423 e. The topological polar surface area (TPSA) is 52.8 Å². The van der Waals surface area contributed by atoms with Gasteiger partial charge in [0.15, 0.2) is 0 Å². The molecule has 0 aliphatic carbocycles. The van der Waals surface area contributed by atoms with Crippen molar-refractivity contribution in [3.63, 3.8) is 0 Å². The lowest BCUT2D eigenvalue weighted by atomic mass is 10.2. The van der Waals surface area contributed by atoms with E-state index < -0.39 is 0 Å². The molecule has 0 atom stereocenters. The van der Waals surface area contributed by atoms with Crippen LogP contribution in [-0.4, -0.2) is 20.2 Å². The summed E-state index contributed by atoms with van der Waals surface area (Å²) in [5.41, 5.74) is 1.15. The minimum absolute atomic E-state index is 0.366. The van der Waals surface area contributed by atoms with Gasteiger partial charge in [-0.3, -0.25) is 0 Å². The van der Waals surface area contributed by atoms with Gasteiger partial charge in [-0.05, 0) is 35.0 Å². The molecule has 5 nitrogen and oxygen atoms in total. The Morgan fingerprint density at radius 2 is 2.20 bits per heavy atom. The summed E-state index contributed by atoms with van der Waals surface area (Å²) in [6, 6.07) is 6.08. The van der Waals surface area contributed by atoms with Crippen LogP contribution in [0.4, 0.5) is 0 Å². The molecule has 0 N–H and O–H groups in total. The highest BCUT2D eigenvalue weighted by Gasteiger charge is 2.05. The number of tetrazole rings is 1. The van der Waals surface area contributed by atoms with Gasteiger partial charge in [0.05, 0.1) is 0 Å². The molecule has 0 bridgehead atoms. The fourth-order valence-corrected chi connectivity index (χ4v) is 1.41. The van der Waals surface area contributed by atoms with Crippen LogP contribution >= 0.6 is 15.9 Å². The molecule has 1 heterocycles. The summed E-state index contributed by atoms with van der Waals surface area (Å²) in [4.78, 5) is 0. The van der Waals surface area contributed by atoms with Gasteiger partial charge >= 0.3 is 6.01 Å². The molecule has 0 aliphatic rings. The molecule has 0 radical (unpaired) electrons. The van der Waals surface area contributed by atoms with Gasteiger partial charge in [-0.2, -0.15) is 4.68 Å². The van der Waals surface area contributed by atoms with Crippen molar-refractivity contribution < 1.29 is 4.74 Å². The van der Waals surface area contributed by atoms with E-state index in [1.54, 1.807) is 7.05 Å². The number of nitrogens with zero attached hydrogens (tertiary/aromatic N) is 4. The fourth-order valence-electron chi connectivity index (χ4n) is 1.05. The maximum Gasteiger partial charge on any atom is 0.340 e. The quantitative estimate of drug-likeness (QED) is 0.837. The first-order valence-corrected chi connectivity index (χ1v) is 5.12. The fraction of sp³-hybridized carbons (Fsp3) is 0.222. The third-order valence-corrected chi connectivity index (χ3v) is 2.79. The molecule has 2 rings (SSSR count). The maximum absolute atomic E-state index is 5.48. The summed E-state index contributed by atoms with van der Waals surface area (Å²) in [5, 5.41) is 10.9. The summed E-state index contributed by atoms with van der Waals surface area (Å²) in [6.07, 6.45) is 0. The number of rotatable bonds is 2. The molecule has 0 aliphatic heterocycles. The lowest BCUT2D eigenvalue weighted by Gasteiger charge is -2.04. The Morgan fingerprint density at radius 3 is 2.80 bits per heavy atom. The van der Waals surface area contributed by atoms with Gasteiger partial charge in [-0.1, -0.05) is 27.1 Å². The van der Waals surface area contributed by atoms with Crippen molar-refractivity contribution in [2.45, 2.75) is 6.92 Å². The van der Waals surface area contributed by atoms with Crippen molar-refractivity contribution in [1.29, 1.82) is 0 Å². The summed E-state index contributed by atoms with van der Waals surface area (Å²) < 4.78 is 7.94. The maximum atomic E-state index is 5.48. The lowest BCUT2D eigenvalue weighted by molar-refractivity contribution is 0.414. The van der Waals surface area contributed by atoms with Crippen LogP contribution in [-0.2, 0) is 7.05 Å². The molecule has 0 saturated heterocycles. The Hall–Kier alpha value is -1.43. The van der Waals surface area contributed by atoms with Crippen LogP contribution in [0.2, 0.25) is 0 Å². The summed E-state index contributed by atoms with van der Waals surface area (Å²) in [7, 11) is 1.72. The monoisotopic (exact) mass is 268 g/mol. The zero-order valence-corrected chi connectivity index (χ0v) is 9.89. The molecule has 2 aromatic rings. The van der Waals surface area contributed by atoms with E-state index in [1.807, 2.05) is 25.1 Å². The number of hydrogen-bond acceptors (Lipinski definition) is 4. The first kappa shape index (κ1) is 10.1. The molecule has 1 aromatic heterocycles. The number of hydrogen-bond donors (Lipinski definition) is 0. The van der Waals surface area contributed by atoms with Crippen molar-refractivity contribution in [1.82, 2.24) is 20.2 Å². The third-order valence-electron chi connectivity index (χ3n) is 1.93. The average Bonchev–Trinajstić information content (AvgIpc) is 2.59. The third kappa shape index (κ3) is 2.15. The molecule has 1 aromatic carbocycles. The van der Waals surface area contributed by atoms with Crippen molar-refractivity contribution in [2.75, 3.05) is 0 Å². The summed E-state index contributed by atoms with van der Waals surface area (Å²) >= 11 is 3.43. The zero-order valence-electron chi connectivity index (χ0n) is 8.31. The normalized spacial score (nSPS) is 10.3. The molecular formula is C9H9BrN4O. The van der Waals surface area contributed by atoms with Crippen molar-refractivity contribution >= 4 is 15.9 Å². The van der Waals surface area contributed by atoms with E-state index in [-0.39, 0.29) is 0 Å². The van der Waals surface area contributed by atoms with Crippen LogP contribution in [0.25, 0.3) is 0 Å². The number of aromatic nitrogens is 4. The van der Waals surface area contributed by atoms with Gasteiger partial charge in [-0.15, -0.1) is 0 Å². The van der Waals surface area contributed by atoms with Crippen LogP contribution in [0, 0.1) is 6.92 Å². The highest BCUT2D eigenvalue weighted by molar-refractivity contribution is 9.10. The van der Waals surface area contributed by atoms with Gasteiger partial charge in [0.1, 0.15) is 5.75 Å². The Balaban J connectivity index is 2.25. The molecule has 0 unspecified atom stereocenters. The molecule has 6 heteroatoms. The smallest absolute Gasteiger partial charge is 0.340 e. The Bertz CT molecular complexity index is 483. The van der Waals surface area contributed by atoms with E-state index in [0.717, 1.165) is 10.0 Å². The van der Waals surface area contributed by atoms with Gasteiger partial charge < -0.3 is 4.74 Å². The minimum atomic E-state index is 0.366. The highest BCUT2D eigenvalue weighted by Crippen LogP contribution is 2.24. The first-order valence-electron chi connectivity index (χ1n) is 4.33. The predicted octanol–water partition coefficient (Wildman–Crippen LogP) is 2.07. The molecule has 0 amide bonds. The average molecular weight is 269 g/mol. The van der Waals surface area contributed by atoms with E-state index in [4.69, 9.17) is 4.74 Å². The van der Waals surface area contributed by atoms with Gasteiger partial charge in [0, 0.05) is 11.5 Å². The second-order valence-electron chi connectivity index (χ2n) is 3.10. The number of halogens is 1. The van der Waals surface area contributed by atoms with Crippen LogP contribution in [0.5, 0.6) is 11.8 Å². The molecule has 0 spiro atoms. The molecular weight excluding hydrogens is 260 g/mol. The van der Waals surface area contributed by atoms with Crippen LogP contribution in [0.3, 0.4) is 0 Å². The SMILES string of the molecule is Cc1ccc(Oc2nnnn2C)cc1Br. The van der Waals surface area contributed by atoms with Gasteiger partial charge in [0.25, 0.3) is 0 Å². The van der Waals surface area contributed by atoms with E-state index in [0.29, 0.717) is 11.8 Å². The Labute approximate surface area is 95.2 Å². The first-order chi connectivity index (χ1) is 7.16. The number of aryl methyl sites for hydroxylation is 2. The molecule has 0 saturated carbocycles. The van der Waals surface area contributed by atoms with Crippen LogP contribution in [0.15, 0.2) is 22.7 Å². The minimum Gasteiger partial charge on any atom is -0.423 e. The molecule has 0 fully saturated rings. The van der Waals surface area contributed by atoms with Gasteiger partial charge in [0.2, 0.25) is 0 Å². The summed E-state index contributed by atoms with van der Waals surface area (Å²) in [6.45, 7) is 2.01. The second-order valence-corrected chi connectivity index (χ2v) is 3.95. The second kappa shape index (κ2) is 3.98. The molecule has 78 valence electrons. The van der Waals surface area contributed by atoms with E-state index in [1.165, 1.54) is 4.68 Å².